The summed E-state index contributed by atoms with van der Waals surface area (Å²) in [7, 11) is 0. The third-order valence-corrected chi connectivity index (χ3v) is 4.22. The highest BCUT2D eigenvalue weighted by Crippen LogP contribution is 2.26. The Morgan fingerprint density at radius 2 is 1.65 bits per heavy atom. The third-order valence-electron chi connectivity index (χ3n) is 3.12. The van der Waals surface area contributed by atoms with Crippen LogP contribution in [0.15, 0.2) is 53.4 Å². The molecule has 0 bridgehead atoms. The van der Waals surface area contributed by atoms with Gasteiger partial charge in [0.05, 0.1) is 5.25 Å². The molecule has 0 fully saturated rings. The maximum Gasteiger partial charge on any atom is 0.237 e. The largest absolute Gasteiger partial charge is 0.326 e. The van der Waals surface area contributed by atoms with Gasteiger partial charge in [-0.1, -0.05) is 18.2 Å². The molecular weight excluding hydrogens is 308 g/mol. The van der Waals surface area contributed by atoms with E-state index in [0.717, 1.165) is 21.8 Å². The van der Waals surface area contributed by atoms with Gasteiger partial charge in [-0.3, -0.25) is 9.59 Å². The Bertz CT molecular complexity index is 716. The Hall–Kier alpha value is -2.27. The summed E-state index contributed by atoms with van der Waals surface area (Å²) in [5.41, 5.74) is 2.63. The number of nitrogens with one attached hydrogen (secondary N) is 2. The standard InChI is InChI=1S/C18H20N2O2S/c1-12-6-4-7-15(10-12)20-18(22)13(2)23-17-9-5-8-16(11-17)19-14(3)21/h4-11,13H,1-3H3,(H,19,21)(H,20,22). The molecule has 2 aromatic carbocycles. The normalized spacial score (nSPS) is 11.6. The molecule has 0 aliphatic carbocycles. The molecule has 0 aromatic heterocycles. The predicted molar refractivity (Wildman–Crippen MR) is 95.9 cm³/mol. The number of amides is 2. The molecular formula is C18H20N2O2S. The fraction of sp³-hybridized carbons (Fsp3) is 0.222. The van der Waals surface area contributed by atoms with Crippen molar-refractivity contribution in [3.63, 3.8) is 0 Å². The summed E-state index contributed by atoms with van der Waals surface area (Å²) in [6, 6.07) is 15.2. The second-order valence-electron chi connectivity index (χ2n) is 5.33. The topological polar surface area (TPSA) is 58.2 Å². The van der Waals surface area contributed by atoms with Gasteiger partial charge in [-0.15, -0.1) is 11.8 Å². The van der Waals surface area contributed by atoms with Gasteiger partial charge in [0.25, 0.3) is 0 Å². The average molecular weight is 328 g/mol. The van der Waals surface area contributed by atoms with Gasteiger partial charge in [-0.25, -0.2) is 0 Å². The summed E-state index contributed by atoms with van der Waals surface area (Å²) in [4.78, 5) is 24.3. The van der Waals surface area contributed by atoms with Crippen molar-refractivity contribution in [1.29, 1.82) is 0 Å². The van der Waals surface area contributed by atoms with E-state index in [4.69, 9.17) is 0 Å². The van der Waals surface area contributed by atoms with Gasteiger partial charge in [0.2, 0.25) is 11.8 Å². The fourth-order valence-electron chi connectivity index (χ4n) is 2.07. The van der Waals surface area contributed by atoms with Crippen LogP contribution in [0.25, 0.3) is 0 Å². The van der Waals surface area contributed by atoms with Crippen molar-refractivity contribution in [2.24, 2.45) is 0 Å². The van der Waals surface area contributed by atoms with Gasteiger partial charge in [-0.2, -0.15) is 0 Å². The first-order valence-electron chi connectivity index (χ1n) is 7.36. The minimum atomic E-state index is -0.247. The van der Waals surface area contributed by atoms with E-state index in [-0.39, 0.29) is 17.1 Å². The number of anilines is 2. The molecule has 0 spiro atoms. The smallest absolute Gasteiger partial charge is 0.237 e. The average Bonchev–Trinajstić information content (AvgIpc) is 2.46. The molecule has 2 amide bonds. The monoisotopic (exact) mass is 328 g/mol. The molecule has 0 saturated heterocycles. The van der Waals surface area contributed by atoms with E-state index in [2.05, 4.69) is 10.6 Å². The van der Waals surface area contributed by atoms with Crippen LogP contribution in [0.4, 0.5) is 11.4 Å². The Kier molecular flexibility index (Phi) is 5.82. The molecule has 0 heterocycles. The van der Waals surface area contributed by atoms with Crippen molar-refractivity contribution >= 4 is 35.0 Å². The van der Waals surface area contributed by atoms with Crippen LogP contribution in [0.3, 0.4) is 0 Å². The number of hydrogen-bond acceptors (Lipinski definition) is 3. The summed E-state index contributed by atoms with van der Waals surface area (Å²) in [5.74, 6) is -0.164. The summed E-state index contributed by atoms with van der Waals surface area (Å²) >= 11 is 1.45. The number of rotatable bonds is 5. The van der Waals surface area contributed by atoms with Crippen molar-refractivity contribution < 1.29 is 9.59 Å². The van der Waals surface area contributed by atoms with E-state index in [1.807, 2.05) is 62.4 Å². The van der Waals surface area contributed by atoms with Crippen LogP contribution in [-0.4, -0.2) is 17.1 Å². The minimum absolute atomic E-state index is 0.0504. The Morgan fingerprint density at radius 1 is 1.00 bits per heavy atom. The lowest BCUT2D eigenvalue weighted by molar-refractivity contribution is -0.115. The highest BCUT2D eigenvalue weighted by Gasteiger charge is 2.15. The second kappa shape index (κ2) is 7.83. The van der Waals surface area contributed by atoms with Crippen molar-refractivity contribution in [1.82, 2.24) is 0 Å². The van der Waals surface area contributed by atoms with Gasteiger partial charge in [0.15, 0.2) is 0 Å². The van der Waals surface area contributed by atoms with Gasteiger partial charge < -0.3 is 10.6 Å². The lowest BCUT2D eigenvalue weighted by Crippen LogP contribution is -2.22. The first-order valence-corrected chi connectivity index (χ1v) is 8.24. The zero-order valence-electron chi connectivity index (χ0n) is 13.4. The van der Waals surface area contributed by atoms with E-state index in [1.54, 1.807) is 0 Å². The van der Waals surface area contributed by atoms with Crippen LogP contribution < -0.4 is 10.6 Å². The van der Waals surface area contributed by atoms with Crippen molar-refractivity contribution in [3.05, 3.63) is 54.1 Å². The summed E-state index contributed by atoms with van der Waals surface area (Å²) in [5, 5.41) is 5.41. The number of aryl methyl sites for hydroxylation is 1. The van der Waals surface area contributed by atoms with Crippen LogP contribution in [0.2, 0.25) is 0 Å². The SMILES string of the molecule is CC(=O)Nc1cccc(SC(C)C(=O)Nc2cccc(C)c2)c1. The highest BCUT2D eigenvalue weighted by molar-refractivity contribution is 8.00. The molecule has 1 unspecified atom stereocenters. The van der Waals surface area contributed by atoms with Gasteiger partial charge in [0, 0.05) is 23.2 Å². The third kappa shape index (κ3) is 5.45. The molecule has 2 N–H and O–H groups in total. The predicted octanol–water partition coefficient (Wildman–Crippen LogP) is 4.07. The molecule has 4 nitrogen and oxygen atoms in total. The van der Waals surface area contributed by atoms with Crippen LogP contribution in [0.5, 0.6) is 0 Å². The Balaban J connectivity index is 1.99. The van der Waals surface area contributed by atoms with E-state index in [0.29, 0.717) is 0 Å². The van der Waals surface area contributed by atoms with Crippen molar-refractivity contribution in [2.45, 2.75) is 30.9 Å². The zero-order chi connectivity index (χ0) is 16.8. The molecule has 2 aromatic rings. The molecule has 0 aliphatic rings. The molecule has 0 saturated carbocycles. The molecule has 120 valence electrons. The lowest BCUT2D eigenvalue weighted by Gasteiger charge is -2.13. The molecule has 23 heavy (non-hydrogen) atoms. The van der Waals surface area contributed by atoms with Crippen LogP contribution in [-0.2, 0) is 9.59 Å². The van der Waals surface area contributed by atoms with Crippen LogP contribution >= 0.6 is 11.8 Å². The van der Waals surface area contributed by atoms with E-state index < -0.39 is 0 Å². The first kappa shape index (κ1) is 17.1. The van der Waals surface area contributed by atoms with E-state index in [9.17, 15) is 9.59 Å². The minimum Gasteiger partial charge on any atom is -0.326 e. The van der Waals surface area contributed by atoms with Gasteiger partial charge in [0.1, 0.15) is 0 Å². The second-order valence-corrected chi connectivity index (χ2v) is 6.74. The molecule has 0 aliphatic heterocycles. The number of hydrogen-bond donors (Lipinski definition) is 2. The van der Waals surface area contributed by atoms with Crippen molar-refractivity contribution in [2.75, 3.05) is 10.6 Å². The number of carbonyl (C=O) groups is 2. The summed E-state index contributed by atoms with van der Waals surface area (Å²) in [6.07, 6.45) is 0. The van der Waals surface area contributed by atoms with Gasteiger partial charge in [-0.05, 0) is 49.7 Å². The van der Waals surface area contributed by atoms with Crippen LogP contribution in [0, 0.1) is 6.92 Å². The highest BCUT2D eigenvalue weighted by atomic mass is 32.2. The molecule has 5 heteroatoms. The number of benzene rings is 2. The molecule has 1 atom stereocenters. The lowest BCUT2D eigenvalue weighted by atomic mass is 10.2. The number of thioether (sulfide) groups is 1. The fourth-order valence-corrected chi connectivity index (χ4v) is 3.00. The quantitative estimate of drug-likeness (QED) is 0.813. The number of carbonyl (C=O) groups excluding carboxylic acids is 2. The maximum absolute atomic E-state index is 12.3. The molecule has 2 rings (SSSR count). The van der Waals surface area contributed by atoms with Crippen LogP contribution in [0.1, 0.15) is 19.4 Å². The van der Waals surface area contributed by atoms with E-state index >= 15 is 0 Å². The molecule has 0 radical (unpaired) electrons. The van der Waals surface area contributed by atoms with Gasteiger partial charge >= 0.3 is 0 Å². The van der Waals surface area contributed by atoms with E-state index in [1.165, 1.54) is 18.7 Å². The van der Waals surface area contributed by atoms with Crippen molar-refractivity contribution in [3.8, 4) is 0 Å². The Labute approximate surface area is 140 Å². The zero-order valence-corrected chi connectivity index (χ0v) is 14.2. The summed E-state index contributed by atoms with van der Waals surface area (Å²) in [6.45, 7) is 5.32. The first-order chi connectivity index (χ1) is 10.9. The summed E-state index contributed by atoms with van der Waals surface area (Å²) < 4.78 is 0. The Morgan fingerprint density at radius 3 is 2.30 bits per heavy atom. The maximum atomic E-state index is 12.3.